The Labute approximate surface area is 94.9 Å². The van der Waals surface area contributed by atoms with Gasteiger partial charge in [0.15, 0.2) is 0 Å². The average molecular weight is 220 g/mol. The number of hydrogen-bond donors (Lipinski definition) is 1. The lowest BCUT2D eigenvalue weighted by molar-refractivity contribution is -0.144. The summed E-state index contributed by atoms with van der Waals surface area (Å²) in [7, 11) is 0. The van der Waals surface area contributed by atoms with Crippen LogP contribution >= 0.6 is 0 Å². The zero-order chi connectivity index (χ0) is 11.4. The molecule has 86 valence electrons. The number of aromatic nitrogens is 1. The first-order valence-electron chi connectivity index (χ1n) is 5.66. The van der Waals surface area contributed by atoms with Crippen molar-refractivity contribution < 1.29 is 9.90 Å². The van der Waals surface area contributed by atoms with Crippen LogP contribution in [0.1, 0.15) is 30.9 Å². The fourth-order valence-corrected chi connectivity index (χ4v) is 2.23. The van der Waals surface area contributed by atoms with Crippen LogP contribution in [0, 0.1) is 0 Å². The molecule has 2 heterocycles. The average Bonchev–Trinajstić information content (AvgIpc) is 2.31. The zero-order valence-electron chi connectivity index (χ0n) is 9.17. The maximum atomic E-state index is 11.3. The molecule has 2 rings (SSSR count). The number of nitrogens with zero attached hydrogens (tertiary/aromatic N) is 2. The second-order valence-corrected chi connectivity index (χ2v) is 4.12. The molecule has 16 heavy (non-hydrogen) atoms. The van der Waals surface area contributed by atoms with Crippen molar-refractivity contribution in [2.45, 2.75) is 25.3 Å². The highest BCUT2D eigenvalue weighted by atomic mass is 16.4. The van der Waals surface area contributed by atoms with Crippen molar-refractivity contribution in [2.75, 3.05) is 13.1 Å². The minimum atomic E-state index is -0.770. The van der Waals surface area contributed by atoms with E-state index in [0.29, 0.717) is 0 Å². The van der Waals surface area contributed by atoms with Crippen LogP contribution in [0.15, 0.2) is 24.5 Å². The Balaban J connectivity index is 2.20. The summed E-state index contributed by atoms with van der Waals surface area (Å²) < 4.78 is 0. The molecule has 4 heteroatoms. The summed E-state index contributed by atoms with van der Waals surface area (Å²) in [5.41, 5.74) is 0.824. The largest absolute Gasteiger partial charge is 0.480 e. The fraction of sp³-hybridized carbons (Fsp3) is 0.500. The molecule has 0 saturated carbocycles. The highest BCUT2D eigenvalue weighted by Crippen LogP contribution is 2.24. The predicted molar refractivity (Wildman–Crippen MR) is 60.0 cm³/mol. The molecule has 0 unspecified atom stereocenters. The summed E-state index contributed by atoms with van der Waals surface area (Å²) in [4.78, 5) is 17.3. The monoisotopic (exact) mass is 220 g/mol. The van der Waals surface area contributed by atoms with E-state index in [0.717, 1.165) is 31.5 Å². The van der Waals surface area contributed by atoms with Crippen LogP contribution in [-0.2, 0) is 4.79 Å². The van der Waals surface area contributed by atoms with E-state index in [-0.39, 0.29) is 0 Å². The highest BCUT2D eigenvalue weighted by molar-refractivity contribution is 5.75. The third-order valence-corrected chi connectivity index (χ3v) is 3.01. The van der Waals surface area contributed by atoms with Gasteiger partial charge in [0.05, 0.1) is 0 Å². The van der Waals surface area contributed by atoms with Crippen LogP contribution in [0.25, 0.3) is 0 Å². The van der Waals surface area contributed by atoms with Crippen LogP contribution in [-0.4, -0.2) is 34.0 Å². The summed E-state index contributed by atoms with van der Waals surface area (Å²) in [5.74, 6) is -0.770. The Bertz CT molecular complexity index is 347. The molecule has 0 bridgehead atoms. The molecule has 1 saturated heterocycles. The van der Waals surface area contributed by atoms with Crippen molar-refractivity contribution in [3.05, 3.63) is 30.1 Å². The van der Waals surface area contributed by atoms with E-state index in [1.165, 1.54) is 6.42 Å². The lowest BCUT2D eigenvalue weighted by Gasteiger charge is -2.32. The van der Waals surface area contributed by atoms with Crippen LogP contribution in [0.3, 0.4) is 0 Å². The molecule has 4 nitrogen and oxygen atoms in total. The second-order valence-electron chi connectivity index (χ2n) is 4.12. The van der Waals surface area contributed by atoms with Gasteiger partial charge >= 0.3 is 5.97 Å². The number of pyridine rings is 1. The van der Waals surface area contributed by atoms with Gasteiger partial charge in [-0.1, -0.05) is 6.42 Å². The maximum Gasteiger partial charge on any atom is 0.325 e. The molecule has 1 aliphatic heterocycles. The molecule has 0 spiro atoms. The SMILES string of the molecule is O=C(O)[C@H](c1ccncc1)N1CCCCC1. The summed E-state index contributed by atoms with van der Waals surface area (Å²) in [6.45, 7) is 1.75. The molecule has 1 aromatic heterocycles. The van der Waals surface area contributed by atoms with Gasteiger partial charge in [-0.2, -0.15) is 0 Å². The number of likely N-dealkylation sites (tertiary alicyclic amines) is 1. The second kappa shape index (κ2) is 5.07. The Morgan fingerprint density at radius 3 is 2.44 bits per heavy atom. The van der Waals surface area contributed by atoms with E-state index in [4.69, 9.17) is 0 Å². The van der Waals surface area contributed by atoms with E-state index < -0.39 is 12.0 Å². The van der Waals surface area contributed by atoms with Crippen molar-refractivity contribution >= 4 is 5.97 Å². The lowest BCUT2D eigenvalue weighted by Crippen LogP contribution is -2.37. The molecule has 1 fully saturated rings. The summed E-state index contributed by atoms with van der Waals surface area (Å²) in [5, 5.41) is 9.32. The normalized spacial score (nSPS) is 19.2. The van der Waals surface area contributed by atoms with Crippen molar-refractivity contribution in [1.29, 1.82) is 0 Å². The van der Waals surface area contributed by atoms with Gasteiger partial charge in [-0.3, -0.25) is 14.7 Å². The number of aliphatic carboxylic acids is 1. The number of carboxylic acid groups (broad SMARTS) is 1. The first-order chi connectivity index (χ1) is 7.79. The molecule has 0 aliphatic carbocycles. The molecule has 1 atom stereocenters. The van der Waals surface area contributed by atoms with Gasteiger partial charge in [-0.05, 0) is 43.6 Å². The summed E-state index contributed by atoms with van der Waals surface area (Å²) in [6, 6.07) is 3.06. The smallest absolute Gasteiger partial charge is 0.325 e. The van der Waals surface area contributed by atoms with Gasteiger partial charge in [0.1, 0.15) is 6.04 Å². The molecule has 1 aromatic rings. The molecular formula is C12H16N2O2. The third-order valence-electron chi connectivity index (χ3n) is 3.01. The maximum absolute atomic E-state index is 11.3. The van der Waals surface area contributed by atoms with E-state index in [2.05, 4.69) is 4.98 Å². The first-order valence-corrected chi connectivity index (χ1v) is 5.66. The van der Waals surface area contributed by atoms with Crippen LogP contribution in [0.5, 0.6) is 0 Å². The quantitative estimate of drug-likeness (QED) is 0.842. The summed E-state index contributed by atoms with van der Waals surface area (Å²) >= 11 is 0. The Hall–Kier alpha value is -1.42. The number of piperidine rings is 1. The molecule has 1 aliphatic rings. The van der Waals surface area contributed by atoms with Crippen molar-refractivity contribution in [2.24, 2.45) is 0 Å². The number of rotatable bonds is 3. The van der Waals surface area contributed by atoms with Gasteiger partial charge in [0.2, 0.25) is 0 Å². The minimum absolute atomic E-state index is 0.511. The van der Waals surface area contributed by atoms with E-state index >= 15 is 0 Å². The lowest BCUT2D eigenvalue weighted by atomic mass is 10.0. The van der Waals surface area contributed by atoms with Crippen molar-refractivity contribution in [3.8, 4) is 0 Å². The van der Waals surface area contributed by atoms with Gasteiger partial charge in [0, 0.05) is 12.4 Å². The van der Waals surface area contributed by atoms with Crippen LogP contribution in [0.4, 0.5) is 0 Å². The van der Waals surface area contributed by atoms with Crippen molar-refractivity contribution in [1.82, 2.24) is 9.88 Å². The van der Waals surface area contributed by atoms with Crippen LogP contribution < -0.4 is 0 Å². The summed E-state index contributed by atoms with van der Waals surface area (Å²) in [6.07, 6.45) is 6.69. The van der Waals surface area contributed by atoms with Crippen molar-refractivity contribution in [3.63, 3.8) is 0 Å². The van der Waals surface area contributed by atoms with E-state index in [1.807, 2.05) is 4.90 Å². The van der Waals surface area contributed by atoms with E-state index in [9.17, 15) is 9.90 Å². The Morgan fingerprint density at radius 2 is 1.88 bits per heavy atom. The zero-order valence-corrected chi connectivity index (χ0v) is 9.17. The first kappa shape index (κ1) is 11.1. The Morgan fingerprint density at radius 1 is 1.25 bits per heavy atom. The van der Waals surface area contributed by atoms with Gasteiger partial charge in [0.25, 0.3) is 0 Å². The fourth-order valence-electron chi connectivity index (χ4n) is 2.23. The van der Waals surface area contributed by atoms with E-state index in [1.54, 1.807) is 24.5 Å². The van der Waals surface area contributed by atoms with Crippen LogP contribution in [0.2, 0.25) is 0 Å². The Kier molecular flexibility index (Phi) is 3.51. The minimum Gasteiger partial charge on any atom is -0.480 e. The molecular weight excluding hydrogens is 204 g/mol. The number of carbonyl (C=O) groups is 1. The molecule has 0 radical (unpaired) electrons. The molecule has 0 amide bonds. The predicted octanol–water partition coefficient (Wildman–Crippen LogP) is 1.69. The number of hydrogen-bond acceptors (Lipinski definition) is 3. The topological polar surface area (TPSA) is 53.4 Å². The molecule has 1 N–H and O–H groups in total. The van der Waals surface area contributed by atoms with Gasteiger partial charge in [-0.25, -0.2) is 0 Å². The van der Waals surface area contributed by atoms with Gasteiger partial charge < -0.3 is 5.11 Å². The highest BCUT2D eigenvalue weighted by Gasteiger charge is 2.28. The van der Waals surface area contributed by atoms with Gasteiger partial charge in [-0.15, -0.1) is 0 Å². The standard InChI is InChI=1S/C12H16N2O2/c15-12(16)11(10-4-6-13-7-5-10)14-8-2-1-3-9-14/h4-7,11H,1-3,8-9H2,(H,15,16)/t11-/m0/s1. The molecule has 0 aromatic carbocycles. The number of carboxylic acids is 1. The third kappa shape index (κ3) is 2.39.